The van der Waals surface area contributed by atoms with Crippen LogP contribution in [-0.4, -0.2) is 24.9 Å². The van der Waals surface area contributed by atoms with E-state index in [1.54, 1.807) is 25.4 Å². The molecule has 0 radical (unpaired) electrons. The van der Waals surface area contributed by atoms with Crippen LogP contribution in [0.3, 0.4) is 0 Å². The van der Waals surface area contributed by atoms with Crippen molar-refractivity contribution in [2.24, 2.45) is 0 Å². The van der Waals surface area contributed by atoms with Gasteiger partial charge in [-0.15, -0.1) is 0 Å². The van der Waals surface area contributed by atoms with E-state index in [0.717, 1.165) is 24.6 Å². The molecule has 0 amide bonds. The third kappa shape index (κ3) is 2.72. The smallest absolute Gasteiger partial charge is 0.134 e. The molecular formula is C16H22FNO2. The average molecular weight is 279 g/mol. The number of alkyl halides is 1. The van der Waals surface area contributed by atoms with Crippen LogP contribution in [-0.2, 0) is 5.60 Å². The Balaban J connectivity index is 2.36. The summed E-state index contributed by atoms with van der Waals surface area (Å²) in [5.41, 5.74) is -0.303. The number of benzene rings is 1. The van der Waals surface area contributed by atoms with E-state index in [4.69, 9.17) is 4.42 Å². The van der Waals surface area contributed by atoms with E-state index in [1.807, 2.05) is 12.1 Å². The van der Waals surface area contributed by atoms with Gasteiger partial charge >= 0.3 is 0 Å². The van der Waals surface area contributed by atoms with Crippen molar-refractivity contribution in [3.05, 3.63) is 36.1 Å². The van der Waals surface area contributed by atoms with Gasteiger partial charge < -0.3 is 14.8 Å². The van der Waals surface area contributed by atoms with Crippen molar-refractivity contribution < 1.29 is 13.9 Å². The van der Waals surface area contributed by atoms with Crippen molar-refractivity contribution in [3.63, 3.8) is 0 Å². The van der Waals surface area contributed by atoms with E-state index in [9.17, 15) is 9.50 Å². The summed E-state index contributed by atoms with van der Waals surface area (Å²) in [6.45, 7) is 1.25. The number of rotatable bonds is 7. The van der Waals surface area contributed by atoms with Gasteiger partial charge in [-0.1, -0.05) is 31.9 Å². The third-order valence-electron chi connectivity index (χ3n) is 3.93. The molecule has 4 heteroatoms. The van der Waals surface area contributed by atoms with Crippen molar-refractivity contribution in [3.8, 4) is 0 Å². The first kappa shape index (κ1) is 15.0. The highest BCUT2D eigenvalue weighted by molar-refractivity contribution is 5.77. The zero-order chi connectivity index (χ0) is 14.6. The fourth-order valence-electron chi connectivity index (χ4n) is 2.63. The summed E-state index contributed by atoms with van der Waals surface area (Å²) < 4.78 is 18.9. The number of aliphatic hydroxyl groups is 1. The first-order chi connectivity index (χ1) is 9.65. The molecule has 20 heavy (non-hydrogen) atoms. The maximum atomic E-state index is 13.6. The number of likely N-dealkylation sites (N-methyl/N-ethyl adjacent to an activating group) is 1. The lowest BCUT2D eigenvalue weighted by Crippen LogP contribution is -2.49. The van der Waals surface area contributed by atoms with Crippen LogP contribution in [0.4, 0.5) is 4.39 Å². The van der Waals surface area contributed by atoms with Crippen LogP contribution >= 0.6 is 0 Å². The Labute approximate surface area is 118 Å². The minimum Gasteiger partial charge on any atom is -0.464 e. The maximum Gasteiger partial charge on any atom is 0.134 e. The van der Waals surface area contributed by atoms with E-state index < -0.39 is 12.3 Å². The summed E-state index contributed by atoms with van der Waals surface area (Å²) >= 11 is 0. The Hall–Kier alpha value is -1.39. The topological polar surface area (TPSA) is 45.4 Å². The first-order valence-corrected chi connectivity index (χ1v) is 7.09. The van der Waals surface area contributed by atoms with Gasteiger partial charge in [-0.3, -0.25) is 0 Å². The van der Waals surface area contributed by atoms with E-state index in [-0.39, 0.29) is 6.04 Å². The minimum atomic E-state index is -1.52. The van der Waals surface area contributed by atoms with E-state index in [1.165, 1.54) is 0 Å². The largest absolute Gasteiger partial charge is 0.464 e. The Morgan fingerprint density at radius 3 is 2.85 bits per heavy atom. The van der Waals surface area contributed by atoms with Gasteiger partial charge in [0.15, 0.2) is 0 Å². The van der Waals surface area contributed by atoms with Crippen molar-refractivity contribution >= 4 is 11.0 Å². The number of hydrogen-bond donors (Lipinski definition) is 2. The average Bonchev–Trinajstić information content (AvgIpc) is 2.95. The number of furan rings is 1. The number of fused-ring (bicyclic) bond motifs is 1. The summed E-state index contributed by atoms with van der Waals surface area (Å²) in [6.07, 6.45) is 4.27. The van der Waals surface area contributed by atoms with E-state index >= 15 is 0 Å². The van der Waals surface area contributed by atoms with Crippen LogP contribution < -0.4 is 5.32 Å². The normalized spacial score (nSPS) is 16.2. The van der Waals surface area contributed by atoms with Crippen LogP contribution in [0, 0.1) is 0 Å². The molecule has 1 heterocycles. The molecule has 3 nitrogen and oxygen atoms in total. The molecule has 1 aromatic carbocycles. The summed E-state index contributed by atoms with van der Waals surface area (Å²) in [7, 11) is 1.76. The van der Waals surface area contributed by atoms with Gasteiger partial charge in [0, 0.05) is 11.4 Å². The summed E-state index contributed by atoms with van der Waals surface area (Å²) in [5.74, 6) is 0. The quantitative estimate of drug-likeness (QED) is 0.817. The molecule has 0 spiro atoms. The predicted molar refractivity (Wildman–Crippen MR) is 78.5 cm³/mol. The predicted octanol–water partition coefficient (Wildman–Crippen LogP) is 3.37. The highest BCUT2D eigenvalue weighted by atomic mass is 19.1. The van der Waals surface area contributed by atoms with Crippen LogP contribution in [0.5, 0.6) is 0 Å². The van der Waals surface area contributed by atoms with Gasteiger partial charge in [-0.05, 0) is 31.2 Å². The fourth-order valence-corrected chi connectivity index (χ4v) is 2.63. The van der Waals surface area contributed by atoms with Crippen LogP contribution in [0.15, 0.2) is 34.9 Å². The van der Waals surface area contributed by atoms with Gasteiger partial charge in [0.2, 0.25) is 0 Å². The maximum absolute atomic E-state index is 13.6. The number of hydrogen-bond acceptors (Lipinski definition) is 3. The van der Waals surface area contributed by atoms with Crippen molar-refractivity contribution in [1.82, 2.24) is 5.32 Å². The van der Waals surface area contributed by atoms with Crippen molar-refractivity contribution in [1.29, 1.82) is 0 Å². The SMILES string of the molecule is CCCCC(NC)C(O)(CF)c1ccc2ccoc2c1. The molecule has 0 aliphatic rings. The Kier molecular flexibility index (Phi) is 4.78. The highest BCUT2D eigenvalue weighted by Gasteiger charge is 2.37. The Bertz CT molecular complexity index is 554. The molecular weight excluding hydrogens is 257 g/mol. The molecule has 0 aliphatic heterocycles. The second-order valence-electron chi connectivity index (χ2n) is 5.21. The Morgan fingerprint density at radius 1 is 1.40 bits per heavy atom. The molecule has 2 N–H and O–H groups in total. The lowest BCUT2D eigenvalue weighted by molar-refractivity contribution is -0.0259. The van der Waals surface area contributed by atoms with Crippen molar-refractivity contribution in [2.75, 3.05) is 13.7 Å². The van der Waals surface area contributed by atoms with E-state index in [2.05, 4.69) is 12.2 Å². The van der Waals surface area contributed by atoms with Crippen LogP contribution in [0.25, 0.3) is 11.0 Å². The molecule has 0 saturated carbocycles. The van der Waals surface area contributed by atoms with Crippen LogP contribution in [0.1, 0.15) is 31.7 Å². The number of unbranched alkanes of at least 4 members (excludes halogenated alkanes) is 1. The third-order valence-corrected chi connectivity index (χ3v) is 3.93. The van der Waals surface area contributed by atoms with Gasteiger partial charge in [-0.25, -0.2) is 4.39 Å². The molecule has 2 unspecified atom stereocenters. The molecule has 0 aliphatic carbocycles. The highest BCUT2D eigenvalue weighted by Crippen LogP contribution is 2.31. The first-order valence-electron chi connectivity index (χ1n) is 7.09. The second kappa shape index (κ2) is 6.37. The monoisotopic (exact) mass is 279 g/mol. The zero-order valence-corrected chi connectivity index (χ0v) is 12.0. The standard InChI is InChI=1S/C16H22FNO2/c1-3-4-5-15(18-2)16(19,11-17)13-7-6-12-8-9-20-14(12)10-13/h6-10,15,18-19H,3-5,11H2,1-2H3. The minimum absolute atomic E-state index is 0.320. The molecule has 0 saturated heterocycles. The fraction of sp³-hybridized carbons (Fsp3) is 0.500. The van der Waals surface area contributed by atoms with Crippen molar-refractivity contribution in [2.45, 2.75) is 37.8 Å². The Morgan fingerprint density at radius 2 is 2.20 bits per heavy atom. The molecule has 2 aromatic rings. The van der Waals surface area contributed by atoms with Gasteiger partial charge in [0.05, 0.1) is 6.26 Å². The second-order valence-corrected chi connectivity index (χ2v) is 5.21. The lowest BCUT2D eigenvalue weighted by atomic mass is 9.84. The van der Waals surface area contributed by atoms with E-state index in [0.29, 0.717) is 11.1 Å². The molecule has 110 valence electrons. The number of halogens is 1. The van der Waals surface area contributed by atoms with Gasteiger partial charge in [0.1, 0.15) is 17.9 Å². The molecule has 2 atom stereocenters. The summed E-state index contributed by atoms with van der Waals surface area (Å²) in [4.78, 5) is 0. The molecule has 1 aromatic heterocycles. The molecule has 0 bridgehead atoms. The summed E-state index contributed by atoms with van der Waals surface area (Å²) in [6, 6.07) is 6.88. The molecule has 0 fully saturated rings. The van der Waals surface area contributed by atoms with Gasteiger partial charge in [-0.2, -0.15) is 0 Å². The summed E-state index contributed by atoms with van der Waals surface area (Å²) in [5, 5.41) is 14.8. The zero-order valence-electron chi connectivity index (χ0n) is 12.0. The number of nitrogens with one attached hydrogen (secondary N) is 1. The lowest BCUT2D eigenvalue weighted by Gasteiger charge is -2.34. The molecule has 2 rings (SSSR count). The van der Waals surface area contributed by atoms with Crippen LogP contribution in [0.2, 0.25) is 0 Å². The van der Waals surface area contributed by atoms with Gasteiger partial charge in [0.25, 0.3) is 0 Å².